The van der Waals surface area contributed by atoms with Gasteiger partial charge in [0.15, 0.2) is 5.78 Å². The van der Waals surface area contributed by atoms with Gasteiger partial charge in [-0.2, -0.15) is 0 Å². The van der Waals surface area contributed by atoms with Gasteiger partial charge in [-0.3, -0.25) is 4.79 Å². The molecule has 0 spiro atoms. The van der Waals surface area contributed by atoms with Crippen molar-refractivity contribution in [3.05, 3.63) is 11.0 Å². The molecule has 0 saturated heterocycles. The molecule has 0 aliphatic carbocycles. The minimum Gasteiger partial charge on any atom is -0.295 e. The van der Waals surface area contributed by atoms with Crippen LogP contribution in [0.4, 0.5) is 0 Å². The summed E-state index contributed by atoms with van der Waals surface area (Å²) in [6, 6.07) is 0. The highest BCUT2D eigenvalue weighted by atomic mass is 32.2. The Balaban J connectivity index is 2.68. The van der Waals surface area contributed by atoms with Gasteiger partial charge in [0.1, 0.15) is 0 Å². The zero-order valence-corrected chi connectivity index (χ0v) is 6.49. The lowest BCUT2D eigenvalue weighted by molar-refractivity contribution is -0.113. The summed E-state index contributed by atoms with van der Waals surface area (Å²) >= 11 is 1.74. The standard InChI is InChI=1S/C7H10OS/c1-5-3-9-4-7(5)6(2)8/h4-5H,3H2,1-2H3. The lowest BCUT2D eigenvalue weighted by Crippen LogP contribution is -2.04. The van der Waals surface area contributed by atoms with E-state index in [0.29, 0.717) is 5.92 Å². The molecule has 1 aliphatic rings. The molecule has 1 aliphatic heterocycles. The number of hydrogen-bond acceptors (Lipinski definition) is 2. The molecule has 1 unspecified atom stereocenters. The SMILES string of the molecule is CC(=O)C1=CSCC1C. The first-order chi connectivity index (χ1) is 4.22. The summed E-state index contributed by atoms with van der Waals surface area (Å²) in [5.74, 6) is 1.79. The molecule has 9 heavy (non-hydrogen) atoms. The monoisotopic (exact) mass is 142 g/mol. The van der Waals surface area contributed by atoms with Crippen molar-refractivity contribution in [2.75, 3.05) is 5.75 Å². The number of allylic oxidation sites excluding steroid dienone is 1. The van der Waals surface area contributed by atoms with Crippen molar-refractivity contribution < 1.29 is 4.79 Å². The van der Waals surface area contributed by atoms with Gasteiger partial charge in [-0.25, -0.2) is 0 Å². The third-order valence-corrected chi connectivity index (χ3v) is 2.61. The quantitative estimate of drug-likeness (QED) is 0.555. The van der Waals surface area contributed by atoms with Gasteiger partial charge in [0.05, 0.1) is 0 Å². The molecule has 0 bridgehead atoms. The Hall–Kier alpha value is -0.240. The molecule has 1 nitrogen and oxygen atoms in total. The number of rotatable bonds is 1. The van der Waals surface area contributed by atoms with Crippen LogP contribution in [0.15, 0.2) is 11.0 Å². The molecular formula is C7H10OS. The summed E-state index contributed by atoms with van der Waals surface area (Å²) in [5, 5.41) is 1.98. The van der Waals surface area contributed by atoms with E-state index in [4.69, 9.17) is 0 Å². The van der Waals surface area contributed by atoms with Gasteiger partial charge in [-0.15, -0.1) is 11.8 Å². The number of carbonyl (C=O) groups excluding carboxylic acids is 1. The van der Waals surface area contributed by atoms with Crippen molar-refractivity contribution in [2.24, 2.45) is 5.92 Å². The van der Waals surface area contributed by atoms with Gasteiger partial charge >= 0.3 is 0 Å². The summed E-state index contributed by atoms with van der Waals surface area (Å²) < 4.78 is 0. The van der Waals surface area contributed by atoms with Gasteiger partial charge in [0.25, 0.3) is 0 Å². The predicted octanol–water partition coefficient (Wildman–Crippen LogP) is 1.84. The van der Waals surface area contributed by atoms with E-state index >= 15 is 0 Å². The van der Waals surface area contributed by atoms with E-state index in [1.165, 1.54) is 0 Å². The summed E-state index contributed by atoms with van der Waals surface area (Å²) in [6.07, 6.45) is 0. The first-order valence-corrected chi connectivity index (χ1v) is 4.09. The Kier molecular flexibility index (Phi) is 1.96. The topological polar surface area (TPSA) is 17.1 Å². The maximum atomic E-state index is 10.8. The van der Waals surface area contributed by atoms with Crippen LogP contribution in [-0.4, -0.2) is 11.5 Å². The van der Waals surface area contributed by atoms with Crippen LogP contribution in [0.1, 0.15) is 13.8 Å². The molecule has 1 heterocycles. The van der Waals surface area contributed by atoms with Crippen LogP contribution in [0.5, 0.6) is 0 Å². The minimum absolute atomic E-state index is 0.229. The van der Waals surface area contributed by atoms with Gasteiger partial charge in [0, 0.05) is 11.3 Å². The summed E-state index contributed by atoms with van der Waals surface area (Å²) in [5.41, 5.74) is 1.00. The largest absolute Gasteiger partial charge is 0.295 e. The normalized spacial score (nSPS) is 26.0. The highest BCUT2D eigenvalue weighted by Gasteiger charge is 2.17. The van der Waals surface area contributed by atoms with Crippen molar-refractivity contribution in [3.8, 4) is 0 Å². The molecule has 0 amide bonds. The number of hydrogen-bond donors (Lipinski definition) is 0. The van der Waals surface area contributed by atoms with Crippen LogP contribution < -0.4 is 0 Å². The van der Waals surface area contributed by atoms with E-state index in [9.17, 15) is 4.79 Å². The first kappa shape index (κ1) is 6.87. The molecule has 1 rings (SSSR count). The fourth-order valence-electron chi connectivity index (χ4n) is 0.918. The Morgan fingerprint density at radius 3 is 2.78 bits per heavy atom. The van der Waals surface area contributed by atoms with Crippen molar-refractivity contribution in [3.63, 3.8) is 0 Å². The van der Waals surface area contributed by atoms with Crippen LogP contribution in [0, 0.1) is 5.92 Å². The van der Waals surface area contributed by atoms with E-state index in [0.717, 1.165) is 11.3 Å². The van der Waals surface area contributed by atoms with Crippen LogP contribution in [-0.2, 0) is 4.79 Å². The molecule has 2 heteroatoms. The van der Waals surface area contributed by atoms with Gasteiger partial charge in [-0.05, 0) is 18.2 Å². The molecule has 0 N–H and O–H groups in total. The first-order valence-electron chi connectivity index (χ1n) is 3.04. The van der Waals surface area contributed by atoms with Crippen LogP contribution >= 0.6 is 11.8 Å². The van der Waals surface area contributed by atoms with E-state index in [-0.39, 0.29) is 5.78 Å². The lowest BCUT2D eigenvalue weighted by atomic mass is 10.0. The molecule has 0 fully saturated rings. The van der Waals surface area contributed by atoms with Crippen LogP contribution in [0.25, 0.3) is 0 Å². The van der Waals surface area contributed by atoms with Crippen molar-refractivity contribution in [2.45, 2.75) is 13.8 Å². The molecule has 50 valence electrons. The predicted molar refractivity (Wildman–Crippen MR) is 40.4 cm³/mol. The lowest BCUT2D eigenvalue weighted by Gasteiger charge is -2.01. The number of Topliss-reactive ketones (excluding diaryl/α,β-unsaturated/α-hetero) is 1. The summed E-state index contributed by atoms with van der Waals surface area (Å²) in [6.45, 7) is 3.72. The molecule has 0 aromatic carbocycles. The average molecular weight is 142 g/mol. The molecular weight excluding hydrogens is 132 g/mol. The fourth-order valence-corrected chi connectivity index (χ4v) is 2.06. The highest BCUT2D eigenvalue weighted by molar-refractivity contribution is 8.02. The smallest absolute Gasteiger partial charge is 0.156 e. The van der Waals surface area contributed by atoms with E-state index in [2.05, 4.69) is 6.92 Å². The third-order valence-electron chi connectivity index (χ3n) is 1.49. The Morgan fingerprint density at radius 1 is 1.89 bits per heavy atom. The maximum absolute atomic E-state index is 10.8. The van der Waals surface area contributed by atoms with Crippen LogP contribution in [0.3, 0.4) is 0 Å². The third kappa shape index (κ3) is 1.36. The zero-order chi connectivity index (χ0) is 6.85. The number of ketones is 1. The van der Waals surface area contributed by atoms with Crippen molar-refractivity contribution in [1.29, 1.82) is 0 Å². The highest BCUT2D eigenvalue weighted by Crippen LogP contribution is 2.27. The van der Waals surface area contributed by atoms with Gasteiger partial charge < -0.3 is 0 Å². The zero-order valence-electron chi connectivity index (χ0n) is 5.68. The second-order valence-electron chi connectivity index (χ2n) is 2.36. The van der Waals surface area contributed by atoms with E-state index < -0.39 is 0 Å². The van der Waals surface area contributed by atoms with E-state index in [1.54, 1.807) is 18.7 Å². The average Bonchev–Trinajstić information content (AvgIpc) is 2.13. The second kappa shape index (κ2) is 2.56. The fraction of sp³-hybridized carbons (Fsp3) is 0.571. The Labute approximate surface area is 59.5 Å². The molecule has 1 atom stereocenters. The molecule has 0 saturated carbocycles. The Bertz CT molecular complexity index is 160. The summed E-state index contributed by atoms with van der Waals surface area (Å²) in [7, 11) is 0. The van der Waals surface area contributed by atoms with Gasteiger partial charge in [-0.1, -0.05) is 6.92 Å². The van der Waals surface area contributed by atoms with Crippen molar-refractivity contribution in [1.82, 2.24) is 0 Å². The van der Waals surface area contributed by atoms with Gasteiger partial charge in [0.2, 0.25) is 0 Å². The summed E-state index contributed by atoms with van der Waals surface area (Å²) in [4.78, 5) is 10.8. The molecule has 0 aromatic rings. The van der Waals surface area contributed by atoms with Crippen molar-refractivity contribution >= 4 is 17.5 Å². The minimum atomic E-state index is 0.229. The van der Waals surface area contributed by atoms with Crippen LogP contribution in [0.2, 0.25) is 0 Å². The molecule has 0 radical (unpaired) electrons. The Morgan fingerprint density at radius 2 is 2.56 bits per heavy atom. The molecule has 0 aromatic heterocycles. The maximum Gasteiger partial charge on any atom is 0.156 e. The number of thioether (sulfide) groups is 1. The van der Waals surface area contributed by atoms with E-state index in [1.807, 2.05) is 5.41 Å². The number of carbonyl (C=O) groups is 1. The second-order valence-corrected chi connectivity index (χ2v) is 3.27.